The lowest BCUT2D eigenvalue weighted by Gasteiger charge is -2.11. The first kappa shape index (κ1) is 18.1. The van der Waals surface area contributed by atoms with Gasteiger partial charge in [-0.2, -0.15) is 0 Å². The summed E-state index contributed by atoms with van der Waals surface area (Å²) in [5.41, 5.74) is 0.464. The van der Waals surface area contributed by atoms with Gasteiger partial charge in [-0.25, -0.2) is 4.98 Å². The minimum Gasteiger partial charge on any atom is -0.354 e. The molecule has 2 amide bonds. The predicted octanol–water partition coefficient (Wildman–Crippen LogP) is 1.34. The van der Waals surface area contributed by atoms with E-state index in [2.05, 4.69) is 15.6 Å². The third kappa shape index (κ3) is 3.81. The Morgan fingerprint density at radius 3 is 2.79 bits per heavy atom. The first-order valence-corrected chi connectivity index (χ1v) is 8.69. The summed E-state index contributed by atoms with van der Waals surface area (Å²) >= 11 is 1.19. The summed E-state index contributed by atoms with van der Waals surface area (Å²) in [5.74, 6) is -0.373. The lowest BCUT2D eigenvalue weighted by atomic mass is 10.2. The van der Waals surface area contributed by atoms with Crippen molar-refractivity contribution in [1.82, 2.24) is 20.2 Å². The number of carbonyl (C=O) groups excluding carboxylic acids is 2. The van der Waals surface area contributed by atoms with Crippen LogP contribution in [0, 0.1) is 6.92 Å². The lowest BCUT2D eigenvalue weighted by molar-refractivity contribution is -0.121. The van der Waals surface area contributed by atoms with Crippen LogP contribution in [0.15, 0.2) is 11.1 Å². The fourth-order valence-corrected chi connectivity index (χ4v) is 3.30. The minimum absolute atomic E-state index is 0.0896. The second kappa shape index (κ2) is 7.57. The van der Waals surface area contributed by atoms with Crippen molar-refractivity contribution < 1.29 is 9.59 Å². The highest BCUT2D eigenvalue weighted by Crippen LogP contribution is 2.26. The number of fused-ring (bicyclic) bond motifs is 1. The SMILES string of the molecule is CCC(C)NC(=O)CCNC(=O)c1sc2ncn(C)c(=O)c2c1C. The van der Waals surface area contributed by atoms with E-state index in [0.29, 0.717) is 20.7 Å². The zero-order chi connectivity index (χ0) is 17.9. The summed E-state index contributed by atoms with van der Waals surface area (Å²) in [5, 5.41) is 6.06. The highest BCUT2D eigenvalue weighted by Gasteiger charge is 2.19. The Morgan fingerprint density at radius 1 is 1.42 bits per heavy atom. The third-order valence-electron chi connectivity index (χ3n) is 3.87. The molecular weight excluding hydrogens is 328 g/mol. The van der Waals surface area contributed by atoms with Gasteiger partial charge in [0.25, 0.3) is 11.5 Å². The summed E-state index contributed by atoms with van der Waals surface area (Å²) in [6.45, 7) is 5.92. The van der Waals surface area contributed by atoms with Gasteiger partial charge in [-0.05, 0) is 25.8 Å². The molecule has 1 atom stereocenters. The van der Waals surface area contributed by atoms with E-state index in [-0.39, 0.29) is 36.4 Å². The monoisotopic (exact) mass is 350 g/mol. The van der Waals surface area contributed by atoms with Crippen LogP contribution in [0.1, 0.15) is 41.9 Å². The van der Waals surface area contributed by atoms with Crippen molar-refractivity contribution in [3.05, 3.63) is 27.1 Å². The van der Waals surface area contributed by atoms with Gasteiger partial charge >= 0.3 is 0 Å². The summed E-state index contributed by atoms with van der Waals surface area (Å²) in [6.07, 6.45) is 2.53. The first-order chi connectivity index (χ1) is 11.3. The van der Waals surface area contributed by atoms with Crippen LogP contribution < -0.4 is 16.2 Å². The number of nitrogens with one attached hydrogen (secondary N) is 2. The lowest BCUT2D eigenvalue weighted by Crippen LogP contribution is -2.35. The number of rotatable bonds is 6. The molecule has 2 heterocycles. The van der Waals surface area contributed by atoms with E-state index in [4.69, 9.17) is 0 Å². The van der Waals surface area contributed by atoms with Gasteiger partial charge in [-0.15, -0.1) is 11.3 Å². The van der Waals surface area contributed by atoms with Gasteiger partial charge in [0.1, 0.15) is 4.83 Å². The molecule has 8 heteroatoms. The maximum Gasteiger partial charge on any atom is 0.262 e. The molecule has 2 aromatic rings. The van der Waals surface area contributed by atoms with Gasteiger partial charge in [0.2, 0.25) is 5.91 Å². The number of aromatic nitrogens is 2. The summed E-state index contributed by atoms with van der Waals surface area (Å²) in [4.78, 5) is 41.4. The van der Waals surface area contributed by atoms with E-state index in [9.17, 15) is 14.4 Å². The molecule has 130 valence electrons. The van der Waals surface area contributed by atoms with Gasteiger partial charge in [0.15, 0.2) is 0 Å². The van der Waals surface area contributed by atoms with E-state index >= 15 is 0 Å². The zero-order valence-electron chi connectivity index (χ0n) is 14.3. The molecule has 24 heavy (non-hydrogen) atoms. The number of hydrogen-bond donors (Lipinski definition) is 2. The Hall–Kier alpha value is -2.22. The van der Waals surface area contributed by atoms with Gasteiger partial charge in [-0.3, -0.25) is 14.4 Å². The highest BCUT2D eigenvalue weighted by atomic mass is 32.1. The number of amides is 2. The normalized spacial score (nSPS) is 12.2. The van der Waals surface area contributed by atoms with Crippen LogP contribution in [0.2, 0.25) is 0 Å². The van der Waals surface area contributed by atoms with Crippen LogP contribution >= 0.6 is 11.3 Å². The molecule has 0 bridgehead atoms. The first-order valence-electron chi connectivity index (χ1n) is 7.87. The smallest absolute Gasteiger partial charge is 0.262 e. The van der Waals surface area contributed by atoms with Crippen molar-refractivity contribution in [2.24, 2.45) is 7.05 Å². The molecule has 2 N–H and O–H groups in total. The quantitative estimate of drug-likeness (QED) is 0.822. The van der Waals surface area contributed by atoms with Gasteiger partial charge in [-0.1, -0.05) is 6.92 Å². The maximum atomic E-state index is 12.3. The van der Waals surface area contributed by atoms with Gasteiger partial charge in [0.05, 0.1) is 16.6 Å². The molecule has 2 rings (SSSR count). The summed E-state index contributed by atoms with van der Waals surface area (Å²) in [7, 11) is 1.63. The molecule has 0 aliphatic heterocycles. The van der Waals surface area contributed by atoms with E-state index < -0.39 is 0 Å². The summed E-state index contributed by atoms with van der Waals surface area (Å²) < 4.78 is 1.39. The van der Waals surface area contributed by atoms with Crippen molar-refractivity contribution in [2.45, 2.75) is 39.7 Å². The minimum atomic E-state index is -0.283. The van der Waals surface area contributed by atoms with E-state index in [1.54, 1.807) is 14.0 Å². The second-order valence-corrected chi connectivity index (χ2v) is 6.78. The second-order valence-electron chi connectivity index (χ2n) is 5.78. The molecule has 2 aromatic heterocycles. The van der Waals surface area contributed by atoms with Crippen LogP contribution in [-0.2, 0) is 11.8 Å². The Labute approximate surface area is 144 Å². The van der Waals surface area contributed by atoms with Crippen LogP contribution in [0.4, 0.5) is 0 Å². The van der Waals surface area contributed by atoms with E-state index in [1.165, 1.54) is 22.2 Å². The average molecular weight is 350 g/mol. The van der Waals surface area contributed by atoms with Gasteiger partial charge < -0.3 is 15.2 Å². The third-order valence-corrected chi connectivity index (χ3v) is 5.07. The van der Waals surface area contributed by atoms with Crippen molar-refractivity contribution in [3.63, 3.8) is 0 Å². The van der Waals surface area contributed by atoms with Crippen molar-refractivity contribution in [3.8, 4) is 0 Å². The Kier molecular flexibility index (Phi) is 5.71. The predicted molar refractivity (Wildman–Crippen MR) is 94.4 cm³/mol. The van der Waals surface area contributed by atoms with Crippen LogP contribution in [0.3, 0.4) is 0 Å². The largest absolute Gasteiger partial charge is 0.354 e. The fraction of sp³-hybridized carbons (Fsp3) is 0.500. The molecule has 0 aromatic carbocycles. The molecule has 0 aliphatic rings. The maximum absolute atomic E-state index is 12.3. The standard InChI is InChI=1S/C16H22N4O3S/c1-5-9(2)19-11(21)6-7-17-14(22)13-10(3)12-15(24-13)18-8-20(4)16(12)23/h8-9H,5-7H2,1-4H3,(H,17,22)(H,19,21). The molecule has 1 unspecified atom stereocenters. The molecule has 0 spiro atoms. The van der Waals surface area contributed by atoms with Crippen molar-refractivity contribution in [2.75, 3.05) is 6.54 Å². The number of thiophene rings is 1. The van der Waals surface area contributed by atoms with Crippen LogP contribution in [0.5, 0.6) is 0 Å². The number of carbonyl (C=O) groups is 2. The number of hydrogen-bond acceptors (Lipinski definition) is 5. The molecule has 0 saturated carbocycles. The summed E-state index contributed by atoms with van der Waals surface area (Å²) in [6, 6.07) is 0.125. The molecule has 7 nitrogen and oxygen atoms in total. The number of aryl methyl sites for hydroxylation is 2. The molecule has 0 aliphatic carbocycles. The van der Waals surface area contributed by atoms with Crippen LogP contribution in [0.25, 0.3) is 10.2 Å². The van der Waals surface area contributed by atoms with Crippen molar-refractivity contribution in [1.29, 1.82) is 0 Å². The molecule has 0 fully saturated rings. The van der Waals surface area contributed by atoms with Gasteiger partial charge in [0, 0.05) is 26.1 Å². The Bertz CT molecular complexity index is 825. The zero-order valence-corrected chi connectivity index (χ0v) is 15.1. The number of nitrogens with zero attached hydrogens (tertiary/aromatic N) is 2. The average Bonchev–Trinajstić information content (AvgIpc) is 2.88. The Morgan fingerprint density at radius 2 is 2.12 bits per heavy atom. The van der Waals surface area contributed by atoms with E-state index in [1.807, 2.05) is 13.8 Å². The van der Waals surface area contributed by atoms with Crippen molar-refractivity contribution >= 4 is 33.4 Å². The van der Waals surface area contributed by atoms with E-state index in [0.717, 1.165) is 6.42 Å². The topological polar surface area (TPSA) is 93.1 Å². The Balaban J connectivity index is 2.05. The molecule has 0 saturated heterocycles. The molecular formula is C16H22N4O3S. The van der Waals surface area contributed by atoms with Crippen LogP contribution in [-0.4, -0.2) is 34.0 Å². The fourth-order valence-electron chi connectivity index (χ4n) is 2.24. The highest BCUT2D eigenvalue weighted by molar-refractivity contribution is 7.20. The molecule has 0 radical (unpaired) electrons.